The molecule has 0 spiro atoms. The second-order valence-electron chi connectivity index (χ2n) is 7.49. The summed E-state index contributed by atoms with van der Waals surface area (Å²) in [6, 6.07) is 0.177. The second-order valence-corrected chi connectivity index (χ2v) is 7.49. The molecule has 1 rings (SSSR count). The molecule has 2 N–H and O–H groups in total. The molecule has 0 aliphatic heterocycles. The Morgan fingerprint density at radius 2 is 1.69 bits per heavy atom. The summed E-state index contributed by atoms with van der Waals surface area (Å²) in [6.07, 6.45) is 6.29. The SMILES string of the molecule is CCCCC(=O)NCCOCCC(=O)NC1CCC(C(=O)C(C)C)CC1. The Kier molecular flexibility index (Phi) is 11.2. The normalized spacial score (nSPS) is 20.0. The first-order chi connectivity index (χ1) is 12.4. The molecule has 0 aromatic carbocycles. The molecule has 1 saturated carbocycles. The van der Waals surface area contributed by atoms with Crippen molar-refractivity contribution < 1.29 is 19.1 Å². The largest absolute Gasteiger partial charge is 0.379 e. The third-order valence-electron chi connectivity index (χ3n) is 4.86. The van der Waals surface area contributed by atoms with E-state index in [9.17, 15) is 14.4 Å². The van der Waals surface area contributed by atoms with Crippen molar-refractivity contribution in [2.45, 2.75) is 78.2 Å². The molecule has 26 heavy (non-hydrogen) atoms. The van der Waals surface area contributed by atoms with Crippen molar-refractivity contribution in [2.75, 3.05) is 19.8 Å². The third-order valence-corrected chi connectivity index (χ3v) is 4.86. The van der Waals surface area contributed by atoms with E-state index in [0.717, 1.165) is 38.5 Å². The fourth-order valence-corrected chi connectivity index (χ4v) is 3.25. The zero-order valence-electron chi connectivity index (χ0n) is 16.6. The fraction of sp³-hybridized carbons (Fsp3) is 0.850. The van der Waals surface area contributed by atoms with Gasteiger partial charge in [-0.2, -0.15) is 0 Å². The van der Waals surface area contributed by atoms with Crippen LogP contribution in [0.1, 0.15) is 72.1 Å². The van der Waals surface area contributed by atoms with Crippen molar-refractivity contribution in [3.05, 3.63) is 0 Å². The molecule has 0 radical (unpaired) electrons. The highest BCUT2D eigenvalue weighted by atomic mass is 16.5. The van der Waals surface area contributed by atoms with Crippen LogP contribution in [0, 0.1) is 11.8 Å². The van der Waals surface area contributed by atoms with Crippen LogP contribution in [0.4, 0.5) is 0 Å². The van der Waals surface area contributed by atoms with Gasteiger partial charge in [0.2, 0.25) is 11.8 Å². The number of hydrogen-bond acceptors (Lipinski definition) is 4. The molecule has 0 aromatic heterocycles. The molecule has 2 amide bonds. The van der Waals surface area contributed by atoms with Gasteiger partial charge in [0, 0.05) is 37.3 Å². The Hall–Kier alpha value is -1.43. The Bertz CT molecular complexity index is 443. The van der Waals surface area contributed by atoms with Crippen LogP contribution in [0.15, 0.2) is 0 Å². The summed E-state index contributed by atoms with van der Waals surface area (Å²) in [5.74, 6) is 0.666. The van der Waals surface area contributed by atoms with E-state index in [4.69, 9.17) is 4.74 Å². The number of nitrogens with one attached hydrogen (secondary N) is 2. The molecule has 0 unspecified atom stereocenters. The van der Waals surface area contributed by atoms with Crippen LogP contribution in [0.3, 0.4) is 0 Å². The highest BCUT2D eigenvalue weighted by Crippen LogP contribution is 2.27. The van der Waals surface area contributed by atoms with Gasteiger partial charge in [0.15, 0.2) is 0 Å². The predicted octanol–water partition coefficient (Wildman–Crippen LogP) is 2.60. The first-order valence-corrected chi connectivity index (χ1v) is 10.1. The lowest BCUT2D eigenvalue weighted by Crippen LogP contribution is -2.39. The maximum Gasteiger partial charge on any atom is 0.222 e. The number of hydrogen-bond donors (Lipinski definition) is 2. The maximum atomic E-state index is 12.0. The highest BCUT2D eigenvalue weighted by Gasteiger charge is 2.28. The topological polar surface area (TPSA) is 84.5 Å². The van der Waals surface area contributed by atoms with E-state index in [0.29, 0.717) is 38.4 Å². The van der Waals surface area contributed by atoms with E-state index in [1.165, 1.54) is 0 Å². The minimum absolute atomic E-state index is 0.00406. The van der Waals surface area contributed by atoms with E-state index in [1.807, 2.05) is 13.8 Å². The smallest absolute Gasteiger partial charge is 0.222 e. The number of ketones is 1. The quantitative estimate of drug-likeness (QED) is 0.519. The highest BCUT2D eigenvalue weighted by molar-refractivity contribution is 5.83. The Morgan fingerprint density at radius 3 is 2.31 bits per heavy atom. The summed E-state index contributed by atoms with van der Waals surface area (Å²) >= 11 is 0. The predicted molar refractivity (Wildman–Crippen MR) is 102 cm³/mol. The van der Waals surface area contributed by atoms with Crippen molar-refractivity contribution in [2.24, 2.45) is 11.8 Å². The average molecular weight is 369 g/mol. The third kappa shape index (κ3) is 9.32. The molecule has 1 fully saturated rings. The van der Waals surface area contributed by atoms with Crippen LogP contribution in [0.25, 0.3) is 0 Å². The molecular weight excluding hydrogens is 332 g/mol. The van der Waals surface area contributed by atoms with E-state index >= 15 is 0 Å². The van der Waals surface area contributed by atoms with Crippen LogP contribution in [0.5, 0.6) is 0 Å². The maximum absolute atomic E-state index is 12.0. The minimum Gasteiger partial charge on any atom is -0.379 e. The second kappa shape index (κ2) is 12.8. The minimum atomic E-state index is -0.00406. The van der Waals surface area contributed by atoms with E-state index < -0.39 is 0 Å². The zero-order valence-corrected chi connectivity index (χ0v) is 16.6. The Morgan fingerprint density at radius 1 is 1.00 bits per heavy atom. The lowest BCUT2D eigenvalue weighted by Gasteiger charge is -2.29. The first-order valence-electron chi connectivity index (χ1n) is 10.1. The Labute approximate surface area is 157 Å². The zero-order chi connectivity index (χ0) is 19.4. The van der Waals surface area contributed by atoms with Crippen LogP contribution in [-0.4, -0.2) is 43.4 Å². The summed E-state index contributed by atoms with van der Waals surface area (Å²) in [4.78, 5) is 35.4. The molecule has 6 nitrogen and oxygen atoms in total. The van der Waals surface area contributed by atoms with Gasteiger partial charge in [-0.05, 0) is 32.1 Å². The number of ether oxygens (including phenoxy) is 1. The van der Waals surface area contributed by atoms with Gasteiger partial charge in [-0.3, -0.25) is 14.4 Å². The van der Waals surface area contributed by atoms with Gasteiger partial charge in [-0.25, -0.2) is 0 Å². The van der Waals surface area contributed by atoms with Crippen molar-refractivity contribution >= 4 is 17.6 Å². The standard InChI is InChI=1S/C20H36N2O4/c1-4-5-6-18(23)21-12-14-26-13-11-19(24)22-17-9-7-16(8-10-17)20(25)15(2)3/h15-17H,4-14H2,1-3H3,(H,21,23)(H,22,24). The van der Waals surface area contributed by atoms with Gasteiger partial charge >= 0.3 is 0 Å². The number of Topliss-reactive ketones (excluding diaryl/α,β-unsaturated/α-hetero) is 1. The van der Waals surface area contributed by atoms with Crippen LogP contribution >= 0.6 is 0 Å². The molecule has 6 heteroatoms. The number of carbonyl (C=O) groups is 3. The molecule has 0 atom stereocenters. The number of amides is 2. The van der Waals surface area contributed by atoms with E-state index in [-0.39, 0.29) is 29.7 Å². The Balaban J connectivity index is 2.04. The summed E-state index contributed by atoms with van der Waals surface area (Å²) in [5.41, 5.74) is 0. The molecule has 0 saturated heterocycles. The van der Waals surface area contributed by atoms with E-state index in [2.05, 4.69) is 17.6 Å². The molecular formula is C20H36N2O4. The van der Waals surface area contributed by atoms with Crippen molar-refractivity contribution in [3.8, 4) is 0 Å². The van der Waals surface area contributed by atoms with Crippen molar-refractivity contribution in [1.82, 2.24) is 10.6 Å². The van der Waals surface area contributed by atoms with Gasteiger partial charge in [0.05, 0.1) is 13.2 Å². The van der Waals surface area contributed by atoms with Gasteiger partial charge in [-0.15, -0.1) is 0 Å². The molecule has 1 aliphatic carbocycles. The van der Waals surface area contributed by atoms with Crippen molar-refractivity contribution in [3.63, 3.8) is 0 Å². The lowest BCUT2D eigenvalue weighted by atomic mass is 9.80. The molecule has 0 bridgehead atoms. The van der Waals surface area contributed by atoms with Gasteiger partial charge in [-0.1, -0.05) is 27.2 Å². The van der Waals surface area contributed by atoms with Gasteiger partial charge in [0.25, 0.3) is 0 Å². The van der Waals surface area contributed by atoms with Gasteiger partial charge < -0.3 is 15.4 Å². The van der Waals surface area contributed by atoms with Crippen molar-refractivity contribution in [1.29, 1.82) is 0 Å². The summed E-state index contributed by atoms with van der Waals surface area (Å²) in [5, 5.41) is 5.84. The lowest BCUT2D eigenvalue weighted by molar-refractivity contribution is -0.127. The summed E-state index contributed by atoms with van der Waals surface area (Å²) in [7, 11) is 0. The number of unbranched alkanes of at least 4 members (excludes halogenated alkanes) is 1. The van der Waals surface area contributed by atoms with Crippen LogP contribution in [0.2, 0.25) is 0 Å². The molecule has 1 aliphatic rings. The van der Waals surface area contributed by atoms with E-state index in [1.54, 1.807) is 0 Å². The molecule has 150 valence electrons. The first kappa shape index (κ1) is 22.6. The monoisotopic (exact) mass is 368 g/mol. The summed E-state index contributed by atoms with van der Waals surface area (Å²) in [6.45, 7) is 7.22. The molecule has 0 aromatic rings. The number of rotatable bonds is 12. The fourth-order valence-electron chi connectivity index (χ4n) is 3.25. The molecule has 0 heterocycles. The van der Waals surface area contributed by atoms with Gasteiger partial charge in [0.1, 0.15) is 5.78 Å². The summed E-state index contributed by atoms with van der Waals surface area (Å²) < 4.78 is 5.40. The average Bonchev–Trinajstić information content (AvgIpc) is 2.62. The van der Waals surface area contributed by atoms with Crippen LogP contribution < -0.4 is 10.6 Å². The van der Waals surface area contributed by atoms with Crippen LogP contribution in [-0.2, 0) is 19.1 Å². The number of carbonyl (C=O) groups excluding carboxylic acids is 3.